The summed E-state index contributed by atoms with van der Waals surface area (Å²) in [4.78, 5) is 30.4. The van der Waals surface area contributed by atoms with Crippen LogP contribution in [-0.4, -0.2) is 39.8 Å². The maximum absolute atomic E-state index is 15.0. The maximum Gasteiger partial charge on any atom is 0.341 e. The van der Waals surface area contributed by atoms with Crippen molar-refractivity contribution in [3.8, 4) is 0 Å². The molecule has 2 fully saturated rings. The van der Waals surface area contributed by atoms with Crippen LogP contribution in [0.5, 0.6) is 0 Å². The zero-order chi connectivity index (χ0) is 21.0. The van der Waals surface area contributed by atoms with Crippen LogP contribution in [0.3, 0.4) is 0 Å². The van der Waals surface area contributed by atoms with E-state index >= 15 is 4.39 Å². The summed E-state index contributed by atoms with van der Waals surface area (Å²) in [6.45, 7) is 0.956. The molecule has 0 bridgehead atoms. The number of rotatable bonds is 4. The van der Waals surface area contributed by atoms with Crippen molar-refractivity contribution in [2.75, 3.05) is 18.0 Å². The van der Waals surface area contributed by atoms with Gasteiger partial charge in [0.25, 0.3) is 0 Å². The molecule has 30 heavy (non-hydrogen) atoms. The van der Waals surface area contributed by atoms with Gasteiger partial charge in [-0.05, 0) is 24.5 Å². The summed E-state index contributed by atoms with van der Waals surface area (Å²) in [6, 6.07) is 10.9. The third-order valence-corrected chi connectivity index (χ3v) is 6.00. The first-order valence-corrected chi connectivity index (χ1v) is 9.98. The number of benzene rings is 1. The lowest BCUT2D eigenvalue weighted by atomic mass is 9.95. The van der Waals surface area contributed by atoms with Crippen molar-refractivity contribution in [1.29, 1.82) is 0 Å². The van der Waals surface area contributed by atoms with Gasteiger partial charge in [-0.25, -0.2) is 14.2 Å². The SMILES string of the molecule is N[C@H]1CN(c2nc3c(cc2F)c(=O)c(C(=O)O)cn3C2CC2)C[C@@H]1c1ccccc1. The lowest BCUT2D eigenvalue weighted by Gasteiger charge is -2.20. The van der Waals surface area contributed by atoms with E-state index < -0.39 is 17.2 Å². The van der Waals surface area contributed by atoms with Crippen LogP contribution < -0.4 is 16.1 Å². The first-order valence-electron chi connectivity index (χ1n) is 9.98. The maximum atomic E-state index is 15.0. The quantitative estimate of drug-likeness (QED) is 0.688. The van der Waals surface area contributed by atoms with Crippen molar-refractivity contribution in [2.24, 2.45) is 5.73 Å². The van der Waals surface area contributed by atoms with E-state index in [4.69, 9.17) is 5.73 Å². The molecule has 2 aliphatic rings. The molecule has 0 spiro atoms. The monoisotopic (exact) mass is 408 g/mol. The number of carbonyl (C=O) groups is 1. The predicted octanol–water partition coefficient (Wildman–Crippen LogP) is 2.50. The molecule has 3 N–H and O–H groups in total. The summed E-state index contributed by atoms with van der Waals surface area (Å²) in [5, 5.41) is 9.36. The van der Waals surface area contributed by atoms with Gasteiger partial charge in [-0.2, -0.15) is 0 Å². The van der Waals surface area contributed by atoms with Gasteiger partial charge < -0.3 is 20.3 Å². The van der Waals surface area contributed by atoms with Crippen molar-refractivity contribution < 1.29 is 14.3 Å². The summed E-state index contributed by atoms with van der Waals surface area (Å²) >= 11 is 0. The number of carboxylic acids is 1. The molecule has 1 saturated carbocycles. The second-order valence-corrected chi connectivity index (χ2v) is 8.07. The molecule has 3 aromatic rings. The molecule has 1 aliphatic heterocycles. The first kappa shape index (κ1) is 18.7. The Morgan fingerprint density at radius 3 is 2.60 bits per heavy atom. The normalized spacial score (nSPS) is 21.3. The van der Waals surface area contributed by atoms with E-state index in [-0.39, 0.29) is 34.8 Å². The summed E-state index contributed by atoms with van der Waals surface area (Å²) < 4.78 is 16.8. The minimum absolute atomic E-state index is 0.00819. The van der Waals surface area contributed by atoms with Crippen LogP contribution in [0.2, 0.25) is 0 Å². The molecular formula is C22H21FN4O3. The minimum atomic E-state index is -1.32. The summed E-state index contributed by atoms with van der Waals surface area (Å²) in [5.74, 6) is -1.78. The summed E-state index contributed by atoms with van der Waals surface area (Å²) in [6.07, 6.45) is 3.08. The van der Waals surface area contributed by atoms with Gasteiger partial charge in [0.15, 0.2) is 11.6 Å². The number of nitrogens with two attached hydrogens (primary N) is 1. The molecule has 1 aromatic carbocycles. The van der Waals surface area contributed by atoms with Gasteiger partial charge in [0.1, 0.15) is 11.2 Å². The number of aromatic carboxylic acids is 1. The van der Waals surface area contributed by atoms with Crippen LogP contribution in [0.15, 0.2) is 47.4 Å². The molecule has 5 rings (SSSR count). The lowest BCUT2D eigenvalue weighted by molar-refractivity contribution is 0.0695. The Morgan fingerprint density at radius 2 is 1.93 bits per heavy atom. The molecule has 7 nitrogen and oxygen atoms in total. The molecule has 1 saturated heterocycles. The van der Waals surface area contributed by atoms with E-state index in [2.05, 4.69) is 4.98 Å². The van der Waals surface area contributed by atoms with E-state index in [0.29, 0.717) is 18.7 Å². The van der Waals surface area contributed by atoms with E-state index in [1.165, 1.54) is 6.20 Å². The Hall–Kier alpha value is -3.26. The summed E-state index contributed by atoms with van der Waals surface area (Å²) in [5.41, 5.74) is 6.69. The Morgan fingerprint density at radius 1 is 1.20 bits per heavy atom. The lowest BCUT2D eigenvalue weighted by Crippen LogP contribution is -2.29. The van der Waals surface area contributed by atoms with Crippen molar-refractivity contribution in [2.45, 2.75) is 30.8 Å². The fraction of sp³-hybridized carbons (Fsp3) is 0.318. The number of fused-ring (bicyclic) bond motifs is 1. The zero-order valence-electron chi connectivity index (χ0n) is 16.2. The van der Waals surface area contributed by atoms with E-state index in [9.17, 15) is 14.7 Å². The van der Waals surface area contributed by atoms with Crippen LogP contribution >= 0.6 is 0 Å². The molecule has 0 radical (unpaired) electrons. The van der Waals surface area contributed by atoms with Crippen molar-refractivity contribution >= 4 is 22.8 Å². The average molecular weight is 408 g/mol. The van der Waals surface area contributed by atoms with Gasteiger partial charge in [0.05, 0.1) is 5.39 Å². The number of anilines is 1. The third kappa shape index (κ3) is 3.04. The molecular weight excluding hydrogens is 387 g/mol. The number of pyridine rings is 2. The number of halogens is 1. The Balaban J connectivity index is 1.60. The van der Waals surface area contributed by atoms with Crippen LogP contribution in [0.25, 0.3) is 11.0 Å². The van der Waals surface area contributed by atoms with Gasteiger partial charge in [-0.3, -0.25) is 4.79 Å². The van der Waals surface area contributed by atoms with Gasteiger partial charge >= 0.3 is 5.97 Å². The number of nitrogens with zero attached hydrogens (tertiary/aromatic N) is 3. The Bertz CT molecular complexity index is 1210. The topological polar surface area (TPSA) is 101 Å². The van der Waals surface area contributed by atoms with Crippen molar-refractivity contribution in [3.63, 3.8) is 0 Å². The van der Waals surface area contributed by atoms with Crippen LogP contribution in [0, 0.1) is 5.82 Å². The average Bonchev–Trinajstić information content (AvgIpc) is 3.50. The zero-order valence-corrected chi connectivity index (χ0v) is 16.2. The summed E-state index contributed by atoms with van der Waals surface area (Å²) in [7, 11) is 0. The number of hydrogen-bond donors (Lipinski definition) is 2. The van der Waals surface area contributed by atoms with Gasteiger partial charge in [0, 0.05) is 37.3 Å². The Labute approximate surface area is 171 Å². The fourth-order valence-electron chi connectivity index (χ4n) is 4.30. The second-order valence-electron chi connectivity index (χ2n) is 8.07. The van der Waals surface area contributed by atoms with Gasteiger partial charge in [0.2, 0.25) is 5.43 Å². The molecule has 8 heteroatoms. The molecule has 2 atom stereocenters. The predicted molar refractivity (Wildman–Crippen MR) is 111 cm³/mol. The van der Waals surface area contributed by atoms with E-state index in [1.54, 1.807) is 4.57 Å². The van der Waals surface area contributed by atoms with Crippen molar-refractivity contribution in [3.05, 3.63) is 69.8 Å². The van der Waals surface area contributed by atoms with Crippen LogP contribution in [-0.2, 0) is 0 Å². The van der Waals surface area contributed by atoms with Gasteiger partial charge in [-0.1, -0.05) is 30.3 Å². The standard InChI is InChI=1S/C22H21FN4O3/c23-17-8-14-19(28)16(22(29)30)10-27(13-6-7-13)20(14)25-21(17)26-9-15(18(24)11-26)12-4-2-1-3-5-12/h1-5,8,10,13,15,18H,6-7,9,11,24H2,(H,29,30)/t15-,18+/m1/s1. The first-order chi connectivity index (χ1) is 14.4. The number of hydrogen-bond acceptors (Lipinski definition) is 5. The van der Waals surface area contributed by atoms with E-state index in [1.807, 2.05) is 35.2 Å². The van der Waals surface area contributed by atoms with Crippen LogP contribution in [0.4, 0.5) is 10.2 Å². The fourth-order valence-corrected chi connectivity index (χ4v) is 4.30. The third-order valence-electron chi connectivity index (χ3n) is 6.00. The molecule has 3 heterocycles. The highest BCUT2D eigenvalue weighted by Crippen LogP contribution is 2.38. The second kappa shape index (κ2) is 6.91. The minimum Gasteiger partial charge on any atom is -0.477 e. The molecule has 2 aromatic heterocycles. The molecule has 0 unspecified atom stereocenters. The number of carboxylic acid groups (broad SMARTS) is 1. The van der Waals surface area contributed by atoms with Gasteiger partial charge in [-0.15, -0.1) is 0 Å². The highest BCUT2D eigenvalue weighted by Gasteiger charge is 2.34. The molecule has 0 amide bonds. The molecule has 154 valence electrons. The highest BCUT2D eigenvalue weighted by atomic mass is 19.1. The smallest absolute Gasteiger partial charge is 0.341 e. The Kier molecular flexibility index (Phi) is 4.32. The van der Waals surface area contributed by atoms with Crippen molar-refractivity contribution in [1.82, 2.24) is 9.55 Å². The van der Waals surface area contributed by atoms with Crippen LogP contribution in [0.1, 0.15) is 40.7 Å². The number of aromatic nitrogens is 2. The molecule has 1 aliphatic carbocycles. The highest BCUT2D eigenvalue weighted by molar-refractivity contribution is 5.92. The van der Waals surface area contributed by atoms with E-state index in [0.717, 1.165) is 24.5 Å². The largest absolute Gasteiger partial charge is 0.477 e.